The zero-order chi connectivity index (χ0) is 37.5. The Morgan fingerprint density at radius 3 is 2.07 bits per heavy atom. The molecule has 0 fully saturated rings. The average molecular weight is 751 g/mol. The third-order valence-corrected chi connectivity index (χ3v) is 13.0. The second-order valence-corrected chi connectivity index (χ2v) is 16.1. The van der Waals surface area contributed by atoms with Gasteiger partial charge in [-0.15, -0.1) is 11.3 Å². The fourth-order valence-corrected chi connectivity index (χ4v) is 10.4. The van der Waals surface area contributed by atoms with Crippen LogP contribution in [0.5, 0.6) is 5.75 Å². The SMILES string of the molecule is C1=CC2Oc3ccc(-c4cccc5c4sc4ccc(-c6nc(-c7ccccc7)nc(-c7ccccc7)n6)cc45)cc3C2C(N2c3ccccc3C3C=CC=CC32)=C1. The third-order valence-electron chi connectivity index (χ3n) is 11.8. The Hall–Kier alpha value is -6.89. The Labute approximate surface area is 334 Å². The summed E-state index contributed by atoms with van der Waals surface area (Å²) in [6, 6.07) is 49.5. The highest BCUT2D eigenvalue weighted by molar-refractivity contribution is 7.26. The van der Waals surface area contributed by atoms with Crippen molar-refractivity contribution < 1.29 is 4.74 Å². The van der Waals surface area contributed by atoms with Crippen LogP contribution in [-0.4, -0.2) is 27.1 Å². The molecule has 2 aliphatic carbocycles. The van der Waals surface area contributed by atoms with Crippen LogP contribution in [0, 0.1) is 0 Å². The van der Waals surface area contributed by atoms with Crippen LogP contribution in [0.2, 0.25) is 0 Å². The molecule has 6 aromatic carbocycles. The molecule has 0 saturated heterocycles. The Bertz CT molecular complexity index is 2980. The van der Waals surface area contributed by atoms with Gasteiger partial charge in [-0.3, -0.25) is 0 Å². The molecule has 0 bridgehead atoms. The fraction of sp³-hybridized carbons (Fsp3) is 0.0784. The molecule has 12 rings (SSSR count). The van der Waals surface area contributed by atoms with Gasteiger partial charge in [-0.2, -0.15) is 0 Å². The van der Waals surface area contributed by atoms with E-state index in [4.69, 9.17) is 19.7 Å². The highest BCUT2D eigenvalue weighted by atomic mass is 32.1. The van der Waals surface area contributed by atoms with E-state index in [1.54, 1.807) is 0 Å². The number of aromatic nitrogens is 3. The van der Waals surface area contributed by atoms with Crippen molar-refractivity contribution >= 4 is 37.2 Å². The number of para-hydroxylation sites is 1. The topological polar surface area (TPSA) is 51.1 Å². The van der Waals surface area contributed by atoms with Crippen LogP contribution in [0.15, 0.2) is 188 Å². The molecule has 6 heteroatoms. The lowest BCUT2D eigenvalue weighted by atomic mass is 9.85. The molecular weight excluding hydrogens is 717 g/mol. The van der Waals surface area contributed by atoms with Crippen molar-refractivity contribution in [2.45, 2.75) is 24.0 Å². The molecule has 0 radical (unpaired) electrons. The number of hydrogen-bond acceptors (Lipinski definition) is 6. The molecule has 4 unspecified atom stereocenters. The summed E-state index contributed by atoms with van der Waals surface area (Å²) < 4.78 is 9.17. The molecule has 0 saturated carbocycles. The van der Waals surface area contributed by atoms with Crippen molar-refractivity contribution in [1.82, 2.24) is 15.0 Å². The molecule has 0 spiro atoms. The zero-order valence-corrected chi connectivity index (χ0v) is 31.6. The van der Waals surface area contributed by atoms with Gasteiger partial charge < -0.3 is 9.64 Å². The Morgan fingerprint density at radius 2 is 1.26 bits per heavy atom. The third kappa shape index (κ3) is 5.18. The first-order valence-electron chi connectivity index (χ1n) is 19.5. The predicted molar refractivity (Wildman–Crippen MR) is 233 cm³/mol. The van der Waals surface area contributed by atoms with Crippen LogP contribution in [0.1, 0.15) is 23.0 Å². The quantitative estimate of drug-likeness (QED) is 0.175. The van der Waals surface area contributed by atoms with Crippen LogP contribution in [0.25, 0.3) is 65.5 Å². The number of anilines is 1. The molecule has 4 atom stereocenters. The summed E-state index contributed by atoms with van der Waals surface area (Å²) in [5.41, 5.74) is 10.5. The first-order valence-corrected chi connectivity index (χ1v) is 20.3. The van der Waals surface area contributed by atoms with E-state index < -0.39 is 0 Å². The van der Waals surface area contributed by atoms with Crippen LogP contribution in [0.3, 0.4) is 0 Å². The summed E-state index contributed by atoms with van der Waals surface area (Å²) in [6.45, 7) is 0. The van der Waals surface area contributed by atoms with E-state index in [2.05, 4.69) is 126 Å². The lowest BCUT2D eigenvalue weighted by Gasteiger charge is -2.36. The first-order chi connectivity index (χ1) is 28.2. The van der Waals surface area contributed by atoms with Gasteiger partial charge in [-0.05, 0) is 65.2 Å². The molecule has 4 aliphatic rings. The number of ether oxygens (including phenoxy) is 1. The fourth-order valence-electron chi connectivity index (χ4n) is 9.23. The molecule has 57 heavy (non-hydrogen) atoms. The minimum Gasteiger partial charge on any atom is -0.485 e. The molecule has 8 aromatic rings. The number of fused-ring (bicyclic) bond motifs is 9. The van der Waals surface area contributed by atoms with E-state index in [0.29, 0.717) is 23.4 Å². The zero-order valence-electron chi connectivity index (χ0n) is 30.7. The second-order valence-electron chi connectivity index (χ2n) is 15.0. The maximum atomic E-state index is 6.68. The Kier molecular flexibility index (Phi) is 7.29. The summed E-state index contributed by atoms with van der Waals surface area (Å²) in [6.07, 6.45) is 15.7. The van der Waals surface area contributed by atoms with E-state index >= 15 is 0 Å². The van der Waals surface area contributed by atoms with Crippen molar-refractivity contribution in [3.8, 4) is 51.0 Å². The maximum Gasteiger partial charge on any atom is 0.164 e. The molecule has 5 nitrogen and oxygen atoms in total. The predicted octanol–water partition coefficient (Wildman–Crippen LogP) is 12.3. The molecule has 4 heterocycles. The summed E-state index contributed by atoms with van der Waals surface area (Å²) in [5.74, 6) is 3.36. The van der Waals surface area contributed by atoms with E-state index in [0.717, 1.165) is 22.4 Å². The number of thiophene rings is 1. The van der Waals surface area contributed by atoms with Gasteiger partial charge in [0.05, 0.1) is 12.0 Å². The van der Waals surface area contributed by atoms with Crippen LogP contribution >= 0.6 is 11.3 Å². The van der Waals surface area contributed by atoms with E-state index in [-0.39, 0.29) is 18.1 Å². The second kappa shape index (κ2) is 12.8. The van der Waals surface area contributed by atoms with E-state index in [1.165, 1.54) is 53.8 Å². The summed E-state index contributed by atoms with van der Waals surface area (Å²) in [5, 5.41) is 2.42. The minimum absolute atomic E-state index is 0.0525. The molecule has 2 aromatic heterocycles. The number of nitrogens with zero attached hydrogens (tertiary/aromatic N) is 4. The van der Waals surface area contributed by atoms with Gasteiger partial charge in [0.2, 0.25) is 0 Å². The van der Waals surface area contributed by atoms with Gasteiger partial charge in [0.15, 0.2) is 17.5 Å². The van der Waals surface area contributed by atoms with Gasteiger partial charge in [-0.25, -0.2) is 15.0 Å². The minimum atomic E-state index is -0.0525. The van der Waals surface area contributed by atoms with Crippen LogP contribution in [-0.2, 0) is 0 Å². The highest BCUT2D eigenvalue weighted by Gasteiger charge is 2.45. The molecule has 270 valence electrons. The van der Waals surface area contributed by atoms with E-state index in [9.17, 15) is 0 Å². The lowest BCUT2D eigenvalue weighted by molar-refractivity contribution is 0.263. The average Bonchev–Trinajstić information content (AvgIpc) is 3.96. The number of allylic oxidation sites excluding steroid dienone is 4. The number of hydrogen-bond donors (Lipinski definition) is 0. The van der Waals surface area contributed by atoms with E-state index in [1.807, 2.05) is 72.0 Å². The standard InChI is InChI=1S/C51H34N4OS/c1-3-13-31(14-4-1)49-52-50(32-15-5-2-6-16-32)54-51(53-49)34-26-28-46-39(30-34)38-20-11-19-35(48(38)57-46)33-25-27-44-40(29-33)47-43(23-12-24-45(47)56-44)55-41-21-9-7-17-36(41)37-18-8-10-22-42(37)55/h1-30,36,41,45,47H. The van der Waals surface area contributed by atoms with Crippen molar-refractivity contribution in [2.75, 3.05) is 4.90 Å². The van der Waals surface area contributed by atoms with Crippen LogP contribution < -0.4 is 9.64 Å². The van der Waals surface area contributed by atoms with Crippen molar-refractivity contribution in [3.05, 3.63) is 199 Å². The summed E-state index contributed by atoms with van der Waals surface area (Å²) in [4.78, 5) is 17.5. The van der Waals surface area contributed by atoms with Crippen LogP contribution in [0.4, 0.5) is 5.69 Å². The summed E-state index contributed by atoms with van der Waals surface area (Å²) in [7, 11) is 0. The van der Waals surface area contributed by atoms with Gasteiger partial charge >= 0.3 is 0 Å². The smallest absolute Gasteiger partial charge is 0.164 e. The molecular formula is C51H34N4OS. The normalized spacial score (nSPS) is 19.9. The van der Waals surface area contributed by atoms with Gasteiger partial charge in [-0.1, -0.05) is 134 Å². The first kappa shape index (κ1) is 32.4. The molecule has 0 N–H and O–H groups in total. The Balaban J connectivity index is 0.946. The maximum absolute atomic E-state index is 6.68. The largest absolute Gasteiger partial charge is 0.485 e. The van der Waals surface area contributed by atoms with Gasteiger partial charge in [0.25, 0.3) is 0 Å². The monoisotopic (exact) mass is 750 g/mol. The highest BCUT2D eigenvalue weighted by Crippen LogP contribution is 2.53. The van der Waals surface area contributed by atoms with Crippen molar-refractivity contribution in [1.29, 1.82) is 0 Å². The Morgan fingerprint density at radius 1 is 0.544 bits per heavy atom. The number of benzene rings is 6. The van der Waals surface area contributed by atoms with Crippen molar-refractivity contribution in [2.24, 2.45) is 0 Å². The number of rotatable bonds is 5. The summed E-state index contributed by atoms with van der Waals surface area (Å²) >= 11 is 1.84. The molecule has 0 amide bonds. The lowest BCUT2D eigenvalue weighted by Crippen LogP contribution is -2.37. The molecule has 2 aliphatic heterocycles. The van der Waals surface area contributed by atoms with Crippen molar-refractivity contribution in [3.63, 3.8) is 0 Å². The van der Waals surface area contributed by atoms with Gasteiger partial charge in [0.1, 0.15) is 11.9 Å². The van der Waals surface area contributed by atoms with Gasteiger partial charge in [0, 0.05) is 59.7 Å².